The molecule has 0 radical (unpaired) electrons. The van der Waals surface area contributed by atoms with Gasteiger partial charge in [-0.3, -0.25) is 0 Å². The number of halogens is 5. The van der Waals surface area contributed by atoms with Gasteiger partial charge < -0.3 is 9.73 Å². The third kappa shape index (κ3) is 7.68. The first-order chi connectivity index (χ1) is 28.6. The van der Waals surface area contributed by atoms with Crippen molar-refractivity contribution >= 4 is 48.1 Å². The van der Waals surface area contributed by atoms with Gasteiger partial charge in [0.1, 0.15) is 11.3 Å². The van der Waals surface area contributed by atoms with E-state index in [1.54, 1.807) is 36.4 Å². The molecule has 5 aromatic rings. The van der Waals surface area contributed by atoms with Gasteiger partial charge >= 0.3 is 0 Å². The molecule has 0 fully saturated rings. The molecular formula is C45H38F5N3O5S2. The molecule has 8 nitrogen and oxygen atoms in total. The van der Waals surface area contributed by atoms with E-state index in [1.165, 1.54) is 22.3 Å². The molecule has 0 aromatic heterocycles. The van der Waals surface area contributed by atoms with Crippen molar-refractivity contribution in [3.05, 3.63) is 154 Å². The van der Waals surface area contributed by atoms with Crippen LogP contribution in [0.4, 0.5) is 39.0 Å². The minimum absolute atomic E-state index is 0.0667. The molecule has 1 aliphatic carbocycles. The van der Waals surface area contributed by atoms with Crippen LogP contribution in [-0.4, -0.2) is 16.8 Å². The van der Waals surface area contributed by atoms with Crippen LogP contribution in [-0.2, 0) is 45.7 Å². The predicted octanol–water partition coefficient (Wildman–Crippen LogP) is 10.8. The average Bonchev–Trinajstić information content (AvgIpc) is 3.23. The molecule has 0 atom stereocenters. The van der Waals surface area contributed by atoms with Crippen molar-refractivity contribution < 1.29 is 43.2 Å². The van der Waals surface area contributed by atoms with E-state index in [9.17, 15) is 38.8 Å². The Balaban J connectivity index is 1.46. The fraction of sp³-hybridized carbons (Fsp3) is 0.178. The molecule has 0 unspecified atom stereocenters. The van der Waals surface area contributed by atoms with Crippen molar-refractivity contribution in [1.82, 2.24) is 4.13 Å². The molecule has 0 bridgehead atoms. The summed E-state index contributed by atoms with van der Waals surface area (Å²) in [5.74, 6) is -12.9. The smallest absolute Gasteiger partial charge is 0.259 e. The average molecular weight is 860 g/mol. The van der Waals surface area contributed by atoms with Gasteiger partial charge in [-0.25, -0.2) is 43.8 Å². The fourth-order valence-electron chi connectivity index (χ4n) is 7.31. The van der Waals surface area contributed by atoms with Gasteiger partial charge in [-0.15, -0.1) is 4.13 Å². The van der Waals surface area contributed by atoms with Crippen LogP contribution in [0.1, 0.15) is 49.9 Å². The van der Waals surface area contributed by atoms with Crippen molar-refractivity contribution in [3.8, 4) is 22.5 Å². The second-order valence-corrected chi connectivity index (χ2v) is 17.4. The number of para-hydroxylation sites is 2. The third-order valence-corrected chi connectivity index (χ3v) is 13.9. The largest absolute Gasteiger partial charge is 0.456 e. The maximum Gasteiger partial charge on any atom is 0.259 e. The Morgan fingerprint density at radius 2 is 1.15 bits per heavy atom. The molecule has 15 heteroatoms. The highest BCUT2D eigenvalue weighted by molar-refractivity contribution is 8.04. The SMILES string of the molecule is CCc1cccc(CC)c1N=c1ccc2c(-c3ccccc3S(=O)(=O)NS(=O)(=O)c3c(F)c(F)c(F)c(F)c3F)c3ccc(Nc4c(CC)cccc4CC)cc3oc-2c1. The van der Waals surface area contributed by atoms with E-state index in [4.69, 9.17) is 9.41 Å². The number of anilines is 2. The fourth-order valence-corrected chi connectivity index (χ4v) is 10.5. The van der Waals surface area contributed by atoms with E-state index >= 15 is 0 Å². The number of rotatable bonds is 12. The minimum atomic E-state index is -5.94. The lowest BCUT2D eigenvalue weighted by molar-refractivity contribution is 0.357. The molecule has 1 aliphatic heterocycles. The molecule has 2 N–H and O–H groups in total. The molecule has 0 saturated heterocycles. The third-order valence-electron chi connectivity index (χ3n) is 10.3. The summed E-state index contributed by atoms with van der Waals surface area (Å²) in [4.78, 5) is 1.97. The number of hydrogen-bond donors (Lipinski definition) is 2. The summed E-state index contributed by atoms with van der Waals surface area (Å²) in [7, 11) is -11.3. The summed E-state index contributed by atoms with van der Waals surface area (Å²) >= 11 is 0. The van der Waals surface area contributed by atoms with Crippen LogP contribution in [0.3, 0.4) is 0 Å². The van der Waals surface area contributed by atoms with E-state index in [-0.39, 0.29) is 16.9 Å². The van der Waals surface area contributed by atoms with E-state index in [2.05, 4.69) is 5.32 Å². The first kappa shape index (κ1) is 42.2. The monoisotopic (exact) mass is 859 g/mol. The van der Waals surface area contributed by atoms with Gasteiger partial charge in [-0.2, -0.15) is 0 Å². The second kappa shape index (κ2) is 16.6. The highest BCUT2D eigenvalue weighted by atomic mass is 32.3. The van der Waals surface area contributed by atoms with Gasteiger partial charge in [0.25, 0.3) is 20.0 Å². The molecule has 0 saturated carbocycles. The molecule has 0 amide bonds. The van der Waals surface area contributed by atoms with Gasteiger partial charge in [0.05, 0.1) is 15.9 Å². The van der Waals surface area contributed by atoms with Crippen molar-refractivity contribution in [2.75, 3.05) is 5.32 Å². The Kier molecular flexibility index (Phi) is 11.7. The van der Waals surface area contributed by atoms with Crippen molar-refractivity contribution in [2.24, 2.45) is 4.99 Å². The van der Waals surface area contributed by atoms with Crippen LogP contribution in [0.5, 0.6) is 0 Å². The quantitative estimate of drug-likeness (QED) is 0.0547. The van der Waals surface area contributed by atoms with E-state index < -0.39 is 58.9 Å². The van der Waals surface area contributed by atoms with Crippen LogP contribution < -0.4 is 14.8 Å². The van der Waals surface area contributed by atoms with Gasteiger partial charge in [-0.1, -0.05) is 82.3 Å². The number of hydrogen-bond acceptors (Lipinski definition) is 7. The van der Waals surface area contributed by atoms with Crippen LogP contribution in [0.2, 0.25) is 0 Å². The van der Waals surface area contributed by atoms with Crippen molar-refractivity contribution in [2.45, 2.75) is 63.2 Å². The van der Waals surface area contributed by atoms with Gasteiger partial charge in [0.15, 0.2) is 28.2 Å². The predicted molar refractivity (Wildman–Crippen MR) is 221 cm³/mol. The Morgan fingerprint density at radius 3 is 1.75 bits per heavy atom. The zero-order chi connectivity index (χ0) is 43.1. The number of benzene rings is 6. The topological polar surface area (TPSA) is 118 Å². The summed E-state index contributed by atoms with van der Waals surface area (Å²) in [6, 6.07) is 27.6. The van der Waals surface area contributed by atoms with Gasteiger partial charge in [0, 0.05) is 45.6 Å². The van der Waals surface area contributed by atoms with Crippen LogP contribution >= 0.6 is 0 Å². The standard InChI is InChI=1S/C45H38F5N3O5S2/c1-5-25-13-11-14-26(6-2)43(25)51-29-19-21-31-34(23-29)58-35-24-30(52-44-27(7-3)15-12-16-28(44)8-4)20-22-32(35)37(31)33-17-9-10-18-36(33)59(54,55)53-60(56,57)45-41(49)39(47)38(46)40(48)42(45)50/h9-24,51,53H,5-8H2,1-4H3. The molecular weight excluding hydrogens is 822 g/mol. The van der Waals surface area contributed by atoms with E-state index in [1.807, 2.05) is 64.1 Å². The second-order valence-electron chi connectivity index (χ2n) is 13.9. The van der Waals surface area contributed by atoms with Crippen LogP contribution in [0.15, 0.2) is 116 Å². The Hall–Kier alpha value is -5.90. The number of aryl methyl sites for hydroxylation is 4. The zero-order valence-corrected chi connectivity index (χ0v) is 34.4. The van der Waals surface area contributed by atoms with Crippen LogP contribution in [0.25, 0.3) is 33.4 Å². The highest BCUT2D eigenvalue weighted by Crippen LogP contribution is 2.43. The number of sulfonamides is 2. The zero-order valence-electron chi connectivity index (χ0n) is 32.8. The summed E-state index contributed by atoms with van der Waals surface area (Å²) in [5.41, 5.74) is 7.52. The van der Waals surface area contributed by atoms with Crippen LogP contribution in [0, 0.1) is 29.1 Å². The number of nitrogens with zero attached hydrogens (tertiary/aromatic N) is 1. The molecule has 310 valence electrons. The lowest BCUT2D eigenvalue weighted by atomic mass is 9.93. The normalized spacial score (nSPS) is 12.4. The van der Waals surface area contributed by atoms with Crippen molar-refractivity contribution in [3.63, 3.8) is 0 Å². The summed E-state index contributed by atoms with van der Waals surface area (Å²) < 4.78 is 134. The Morgan fingerprint density at radius 1 is 0.583 bits per heavy atom. The van der Waals surface area contributed by atoms with E-state index in [0.717, 1.165) is 65.4 Å². The summed E-state index contributed by atoms with van der Waals surface area (Å²) in [5, 5.41) is 4.45. The minimum Gasteiger partial charge on any atom is -0.456 e. The lowest BCUT2D eigenvalue weighted by Gasteiger charge is -2.20. The Bertz CT molecular complexity index is 3020. The molecule has 2 aliphatic rings. The molecule has 60 heavy (non-hydrogen) atoms. The van der Waals surface area contributed by atoms with Crippen molar-refractivity contribution in [1.29, 1.82) is 0 Å². The molecule has 7 rings (SSSR count). The lowest BCUT2D eigenvalue weighted by Crippen LogP contribution is -2.33. The number of nitrogens with one attached hydrogen (secondary N) is 2. The summed E-state index contributed by atoms with van der Waals surface area (Å²) in [6.45, 7) is 8.16. The first-order valence-corrected chi connectivity index (χ1v) is 22.0. The molecule has 0 spiro atoms. The first-order valence-electron chi connectivity index (χ1n) is 19.1. The van der Waals surface area contributed by atoms with Gasteiger partial charge in [0.2, 0.25) is 5.82 Å². The number of fused-ring (bicyclic) bond motifs is 2. The Labute approximate surface area is 343 Å². The highest BCUT2D eigenvalue weighted by Gasteiger charge is 2.37. The molecule has 1 heterocycles. The maximum atomic E-state index is 14.7. The summed E-state index contributed by atoms with van der Waals surface area (Å²) in [6.07, 6.45) is 2.98. The molecule has 5 aromatic carbocycles. The maximum absolute atomic E-state index is 14.7. The van der Waals surface area contributed by atoms with E-state index in [0.29, 0.717) is 27.6 Å². The van der Waals surface area contributed by atoms with Gasteiger partial charge in [-0.05, 0) is 78.3 Å².